The van der Waals surface area contributed by atoms with E-state index in [1.54, 1.807) is 0 Å². The van der Waals surface area contributed by atoms with Crippen LogP contribution in [0.5, 0.6) is 0 Å². The van der Waals surface area contributed by atoms with Crippen LogP contribution >= 0.6 is 0 Å². The molecule has 0 saturated carbocycles. The van der Waals surface area contributed by atoms with Gasteiger partial charge in [-0.15, -0.1) is 0 Å². The van der Waals surface area contributed by atoms with Crippen molar-refractivity contribution in [2.24, 2.45) is 0 Å². The van der Waals surface area contributed by atoms with E-state index < -0.39 is 25.8 Å². The second-order valence-corrected chi connectivity index (χ2v) is 8.71. The highest BCUT2D eigenvalue weighted by molar-refractivity contribution is 7.90. The van der Waals surface area contributed by atoms with Crippen molar-refractivity contribution in [1.82, 2.24) is 4.72 Å². The van der Waals surface area contributed by atoms with E-state index >= 15 is 0 Å². The van der Waals surface area contributed by atoms with Crippen LogP contribution in [0, 0.1) is 0 Å². The number of carboxylic acid groups (broad SMARTS) is 1. The van der Waals surface area contributed by atoms with E-state index in [0.717, 1.165) is 6.26 Å². The van der Waals surface area contributed by atoms with Gasteiger partial charge in [-0.25, -0.2) is 26.4 Å². The lowest BCUT2D eigenvalue weighted by molar-refractivity contribution is 0.0697. The summed E-state index contributed by atoms with van der Waals surface area (Å²) < 4.78 is 47.7. The zero-order valence-electron chi connectivity index (χ0n) is 11.4. The van der Waals surface area contributed by atoms with Crippen molar-refractivity contribution in [2.75, 3.05) is 18.6 Å². The standard InChI is InChI=1S/C12H17NO6S2/c1-20(16,17)8-2-7-13-21(18,19)9-10-3-5-11(6-4-10)12(14)15/h3-6,13H,2,7-9H2,1H3,(H,14,15). The SMILES string of the molecule is CS(=O)(=O)CCCNS(=O)(=O)Cc1ccc(C(=O)O)cc1. The van der Waals surface area contributed by atoms with Gasteiger partial charge in [0.05, 0.1) is 17.1 Å². The second kappa shape index (κ2) is 7.01. The van der Waals surface area contributed by atoms with Gasteiger partial charge in [0.1, 0.15) is 9.84 Å². The number of benzene rings is 1. The molecule has 0 bridgehead atoms. The summed E-state index contributed by atoms with van der Waals surface area (Å²) in [6.45, 7) is 0.0443. The van der Waals surface area contributed by atoms with E-state index in [1.807, 2.05) is 0 Å². The molecule has 1 aromatic rings. The summed E-state index contributed by atoms with van der Waals surface area (Å²) in [5.74, 6) is -1.45. The maximum absolute atomic E-state index is 11.8. The summed E-state index contributed by atoms with van der Waals surface area (Å²) in [7, 11) is -6.68. The molecule has 0 amide bonds. The number of aromatic carboxylic acids is 1. The molecule has 1 aromatic carbocycles. The van der Waals surface area contributed by atoms with Gasteiger partial charge in [0.15, 0.2) is 0 Å². The van der Waals surface area contributed by atoms with Crippen molar-refractivity contribution in [3.8, 4) is 0 Å². The minimum Gasteiger partial charge on any atom is -0.478 e. The molecule has 1 rings (SSSR count). The van der Waals surface area contributed by atoms with Crippen molar-refractivity contribution >= 4 is 25.8 Å². The Hall–Kier alpha value is -1.45. The normalized spacial score (nSPS) is 12.2. The molecular weight excluding hydrogens is 318 g/mol. The first kappa shape index (κ1) is 17.6. The van der Waals surface area contributed by atoms with Gasteiger partial charge in [-0.1, -0.05) is 12.1 Å². The fraction of sp³-hybridized carbons (Fsp3) is 0.417. The number of rotatable bonds is 8. The fourth-order valence-corrected chi connectivity index (χ4v) is 3.43. The van der Waals surface area contributed by atoms with Gasteiger partial charge in [-0.3, -0.25) is 0 Å². The lowest BCUT2D eigenvalue weighted by Crippen LogP contribution is -2.27. The van der Waals surface area contributed by atoms with Gasteiger partial charge in [-0.05, 0) is 24.1 Å². The Balaban J connectivity index is 2.54. The molecule has 0 spiro atoms. The topological polar surface area (TPSA) is 118 Å². The molecule has 0 aliphatic rings. The summed E-state index contributed by atoms with van der Waals surface area (Å²) in [5.41, 5.74) is 0.535. The average Bonchev–Trinajstić information content (AvgIpc) is 2.34. The number of hydrogen-bond donors (Lipinski definition) is 2. The summed E-state index contributed by atoms with van der Waals surface area (Å²) in [6, 6.07) is 5.52. The number of carboxylic acids is 1. The quantitative estimate of drug-likeness (QED) is 0.657. The van der Waals surface area contributed by atoms with Crippen LogP contribution in [0.15, 0.2) is 24.3 Å². The molecule has 21 heavy (non-hydrogen) atoms. The molecule has 7 nitrogen and oxygen atoms in total. The maximum Gasteiger partial charge on any atom is 0.335 e. The Kier molecular flexibility index (Phi) is 5.87. The monoisotopic (exact) mass is 335 g/mol. The number of carbonyl (C=O) groups is 1. The molecule has 0 saturated heterocycles. The summed E-state index contributed by atoms with van der Waals surface area (Å²) in [4.78, 5) is 10.7. The number of hydrogen-bond acceptors (Lipinski definition) is 5. The van der Waals surface area contributed by atoms with Crippen LogP contribution in [-0.2, 0) is 25.6 Å². The van der Waals surface area contributed by atoms with E-state index in [0.29, 0.717) is 5.56 Å². The zero-order valence-corrected chi connectivity index (χ0v) is 13.1. The summed E-state index contributed by atoms with van der Waals surface area (Å²) in [5, 5.41) is 8.74. The van der Waals surface area contributed by atoms with Crippen LogP contribution in [0.1, 0.15) is 22.3 Å². The molecule has 118 valence electrons. The van der Waals surface area contributed by atoms with Gasteiger partial charge in [0.25, 0.3) is 0 Å². The predicted molar refractivity (Wildman–Crippen MR) is 78.4 cm³/mol. The number of sulfonamides is 1. The Bertz CT molecular complexity index is 692. The highest BCUT2D eigenvalue weighted by atomic mass is 32.2. The van der Waals surface area contributed by atoms with Gasteiger partial charge >= 0.3 is 5.97 Å². The Morgan fingerprint density at radius 3 is 2.19 bits per heavy atom. The highest BCUT2D eigenvalue weighted by Crippen LogP contribution is 2.08. The van der Waals surface area contributed by atoms with Crippen molar-refractivity contribution in [3.05, 3.63) is 35.4 Å². The Morgan fingerprint density at radius 1 is 1.14 bits per heavy atom. The summed E-state index contributed by atoms with van der Waals surface area (Å²) in [6.07, 6.45) is 1.29. The average molecular weight is 335 g/mol. The van der Waals surface area contributed by atoms with Crippen LogP contribution in [0.2, 0.25) is 0 Å². The van der Waals surface area contributed by atoms with E-state index in [-0.39, 0.29) is 30.0 Å². The molecule has 0 radical (unpaired) electrons. The second-order valence-electron chi connectivity index (χ2n) is 4.64. The molecule has 0 aromatic heterocycles. The van der Waals surface area contributed by atoms with Gasteiger partial charge in [-0.2, -0.15) is 0 Å². The van der Waals surface area contributed by atoms with Crippen LogP contribution in [0.25, 0.3) is 0 Å². The largest absolute Gasteiger partial charge is 0.478 e. The molecular formula is C12H17NO6S2. The van der Waals surface area contributed by atoms with Crippen LogP contribution < -0.4 is 4.72 Å². The Labute approximate surface area is 124 Å². The number of sulfone groups is 1. The first-order valence-corrected chi connectivity index (χ1v) is 9.78. The van der Waals surface area contributed by atoms with Crippen molar-refractivity contribution < 1.29 is 26.7 Å². The first-order chi connectivity index (χ1) is 9.59. The third-order valence-corrected chi connectivity index (χ3v) is 4.96. The molecule has 0 aliphatic heterocycles. The van der Waals surface area contributed by atoms with E-state index in [9.17, 15) is 21.6 Å². The highest BCUT2D eigenvalue weighted by Gasteiger charge is 2.12. The van der Waals surface area contributed by atoms with Crippen LogP contribution in [0.4, 0.5) is 0 Å². The van der Waals surface area contributed by atoms with Crippen LogP contribution in [0.3, 0.4) is 0 Å². The summed E-state index contributed by atoms with van der Waals surface area (Å²) >= 11 is 0. The Morgan fingerprint density at radius 2 is 1.71 bits per heavy atom. The third-order valence-electron chi connectivity index (χ3n) is 2.57. The van der Waals surface area contributed by atoms with Crippen molar-refractivity contribution in [2.45, 2.75) is 12.2 Å². The molecule has 0 heterocycles. The minimum atomic E-state index is -3.58. The van der Waals surface area contributed by atoms with E-state index in [4.69, 9.17) is 5.11 Å². The lowest BCUT2D eigenvalue weighted by Gasteiger charge is -2.06. The first-order valence-electron chi connectivity index (χ1n) is 6.06. The number of nitrogens with one attached hydrogen (secondary N) is 1. The van der Waals surface area contributed by atoms with Crippen molar-refractivity contribution in [1.29, 1.82) is 0 Å². The molecule has 0 fully saturated rings. The molecule has 0 aliphatic carbocycles. The molecule has 9 heteroatoms. The van der Waals surface area contributed by atoms with Gasteiger partial charge in [0.2, 0.25) is 10.0 Å². The fourth-order valence-electron chi connectivity index (χ4n) is 1.58. The molecule has 0 atom stereocenters. The van der Waals surface area contributed by atoms with Crippen molar-refractivity contribution in [3.63, 3.8) is 0 Å². The maximum atomic E-state index is 11.8. The third kappa shape index (κ3) is 7.21. The lowest BCUT2D eigenvalue weighted by atomic mass is 10.1. The van der Waals surface area contributed by atoms with E-state index in [2.05, 4.69) is 4.72 Å². The smallest absolute Gasteiger partial charge is 0.335 e. The van der Waals surface area contributed by atoms with E-state index in [1.165, 1.54) is 24.3 Å². The zero-order chi connectivity index (χ0) is 16.1. The van der Waals surface area contributed by atoms with Gasteiger partial charge < -0.3 is 5.11 Å². The van der Waals surface area contributed by atoms with Crippen LogP contribution in [-0.4, -0.2) is 46.5 Å². The molecule has 2 N–H and O–H groups in total. The van der Waals surface area contributed by atoms with Gasteiger partial charge in [0, 0.05) is 12.8 Å². The predicted octanol–water partition coefficient (Wildman–Crippen LogP) is 0.239. The minimum absolute atomic E-state index is 0.0443. The molecule has 0 unspecified atom stereocenters.